The number of halogens is 2. The van der Waals surface area contributed by atoms with Crippen LogP contribution < -0.4 is 15.8 Å². The van der Waals surface area contributed by atoms with Crippen molar-refractivity contribution in [1.82, 2.24) is 9.55 Å². The van der Waals surface area contributed by atoms with Crippen LogP contribution in [0.5, 0.6) is 0 Å². The van der Waals surface area contributed by atoms with Crippen LogP contribution in [0, 0.1) is 5.82 Å². The smallest absolute Gasteiger partial charge is 0.255 e. The normalized spacial score (nSPS) is 14.2. The Morgan fingerprint density at radius 2 is 2.11 bits per heavy atom. The third-order valence-electron chi connectivity index (χ3n) is 4.13. The molecule has 1 aromatic heterocycles. The maximum Gasteiger partial charge on any atom is 0.255 e. The van der Waals surface area contributed by atoms with Gasteiger partial charge < -0.3 is 19.7 Å². The number of amides is 1. The van der Waals surface area contributed by atoms with Crippen molar-refractivity contribution in [3.05, 3.63) is 51.2 Å². The third-order valence-corrected chi connectivity index (χ3v) is 4.42. The summed E-state index contributed by atoms with van der Waals surface area (Å²) < 4.78 is 25.0. The van der Waals surface area contributed by atoms with E-state index in [-0.39, 0.29) is 23.7 Å². The molecule has 0 saturated carbocycles. The molecule has 1 N–H and O–H groups in total. The van der Waals surface area contributed by atoms with Crippen LogP contribution in [0.3, 0.4) is 0 Å². The molecule has 1 aliphatic rings. The Balaban J connectivity index is 1.85. The molecule has 1 aliphatic heterocycles. The molecule has 0 unspecified atom stereocenters. The SMILES string of the molecule is COCc1cc(=O)n(CC(=O)Nc2ccc(F)c(Cl)c2)c(N2CCOCC2)n1. The van der Waals surface area contributed by atoms with Crippen LogP contribution in [-0.2, 0) is 27.4 Å². The van der Waals surface area contributed by atoms with Crippen molar-refractivity contribution >= 4 is 29.1 Å². The molecule has 2 aromatic rings. The monoisotopic (exact) mass is 410 g/mol. The number of carbonyl (C=O) groups is 1. The molecule has 1 aromatic carbocycles. The molecular formula is C18H20ClFN4O4. The number of methoxy groups -OCH3 is 1. The molecule has 3 rings (SSSR count). The quantitative estimate of drug-likeness (QED) is 0.779. The van der Waals surface area contributed by atoms with E-state index >= 15 is 0 Å². The summed E-state index contributed by atoms with van der Waals surface area (Å²) in [6, 6.07) is 5.20. The maximum absolute atomic E-state index is 13.3. The summed E-state index contributed by atoms with van der Waals surface area (Å²) in [5, 5.41) is 2.51. The van der Waals surface area contributed by atoms with Gasteiger partial charge in [-0.15, -0.1) is 0 Å². The van der Waals surface area contributed by atoms with Crippen LogP contribution >= 0.6 is 11.6 Å². The fraction of sp³-hybridized carbons (Fsp3) is 0.389. The first kappa shape index (κ1) is 20.2. The summed E-state index contributed by atoms with van der Waals surface area (Å²) in [5.41, 5.74) is 0.452. The summed E-state index contributed by atoms with van der Waals surface area (Å²) in [6.45, 7) is 2.06. The fourth-order valence-corrected chi connectivity index (χ4v) is 3.01. The lowest BCUT2D eigenvalue weighted by molar-refractivity contribution is -0.116. The van der Waals surface area contributed by atoms with E-state index in [4.69, 9.17) is 21.1 Å². The van der Waals surface area contributed by atoms with Crippen molar-refractivity contribution in [3.63, 3.8) is 0 Å². The van der Waals surface area contributed by atoms with Crippen molar-refractivity contribution < 1.29 is 18.7 Å². The number of nitrogens with zero attached hydrogens (tertiary/aromatic N) is 3. The van der Waals surface area contributed by atoms with Gasteiger partial charge in [-0.05, 0) is 18.2 Å². The average Bonchev–Trinajstić information content (AvgIpc) is 2.67. The van der Waals surface area contributed by atoms with Gasteiger partial charge in [-0.2, -0.15) is 0 Å². The van der Waals surface area contributed by atoms with Crippen molar-refractivity contribution in [2.24, 2.45) is 0 Å². The molecule has 0 atom stereocenters. The van der Waals surface area contributed by atoms with Gasteiger partial charge in [-0.1, -0.05) is 11.6 Å². The van der Waals surface area contributed by atoms with Crippen molar-refractivity contribution in [1.29, 1.82) is 0 Å². The zero-order chi connectivity index (χ0) is 20.1. The summed E-state index contributed by atoms with van der Waals surface area (Å²) in [6.07, 6.45) is 0. The zero-order valence-electron chi connectivity index (χ0n) is 15.3. The van der Waals surface area contributed by atoms with E-state index in [1.807, 2.05) is 4.90 Å². The van der Waals surface area contributed by atoms with Gasteiger partial charge in [-0.3, -0.25) is 14.2 Å². The highest BCUT2D eigenvalue weighted by atomic mass is 35.5. The van der Waals surface area contributed by atoms with E-state index in [1.54, 1.807) is 0 Å². The first-order valence-electron chi connectivity index (χ1n) is 8.65. The Hall–Kier alpha value is -2.49. The maximum atomic E-state index is 13.3. The lowest BCUT2D eigenvalue weighted by Gasteiger charge is -2.29. The predicted octanol–water partition coefficient (Wildman–Crippen LogP) is 1.66. The second kappa shape index (κ2) is 9.13. The molecule has 150 valence electrons. The van der Waals surface area contributed by atoms with E-state index in [0.717, 1.165) is 6.07 Å². The summed E-state index contributed by atoms with van der Waals surface area (Å²) in [4.78, 5) is 31.5. The van der Waals surface area contributed by atoms with Crippen molar-refractivity contribution in [3.8, 4) is 0 Å². The Kier molecular flexibility index (Phi) is 6.61. The van der Waals surface area contributed by atoms with Crippen molar-refractivity contribution in [2.75, 3.05) is 43.6 Å². The van der Waals surface area contributed by atoms with Gasteiger partial charge in [0.2, 0.25) is 11.9 Å². The van der Waals surface area contributed by atoms with Gasteiger partial charge >= 0.3 is 0 Å². The lowest BCUT2D eigenvalue weighted by atomic mass is 10.3. The van der Waals surface area contributed by atoms with Gasteiger partial charge in [-0.25, -0.2) is 9.37 Å². The van der Waals surface area contributed by atoms with Crippen LogP contribution in [0.4, 0.5) is 16.0 Å². The van der Waals surface area contributed by atoms with E-state index in [0.29, 0.717) is 43.6 Å². The van der Waals surface area contributed by atoms with Gasteiger partial charge in [0, 0.05) is 32.0 Å². The first-order chi connectivity index (χ1) is 13.5. The molecule has 0 aliphatic carbocycles. The number of benzene rings is 1. The van der Waals surface area contributed by atoms with Crippen LogP contribution in [0.25, 0.3) is 0 Å². The minimum Gasteiger partial charge on any atom is -0.378 e. The molecule has 28 heavy (non-hydrogen) atoms. The minimum atomic E-state index is -0.580. The summed E-state index contributed by atoms with van der Waals surface area (Å²) in [7, 11) is 1.52. The number of hydrogen-bond donors (Lipinski definition) is 1. The van der Waals surface area contributed by atoms with Crippen LogP contribution in [0.1, 0.15) is 5.69 Å². The largest absolute Gasteiger partial charge is 0.378 e. The molecule has 1 amide bonds. The highest BCUT2D eigenvalue weighted by Gasteiger charge is 2.20. The van der Waals surface area contributed by atoms with Gasteiger partial charge in [0.05, 0.1) is 30.5 Å². The van der Waals surface area contributed by atoms with Crippen molar-refractivity contribution in [2.45, 2.75) is 13.2 Å². The molecule has 0 bridgehead atoms. The van der Waals surface area contributed by atoms with Crippen LogP contribution in [-0.4, -0.2) is 48.9 Å². The Morgan fingerprint density at radius 3 is 2.79 bits per heavy atom. The molecule has 1 saturated heterocycles. The lowest BCUT2D eigenvalue weighted by Crippen LogP contribution is -2.42. The number of anilines is 2. The Labute approximate surface area is 165 Å². The second-order valence-corrected chi connectivity index (χ2v) is 6.59. The van der Waals surface area contributed by atoms with Crippen LogP contribution in [0.15, 0.2) is 29.1 Å². The van der Waals surface area contributed by atoms with Gasteiger partial charge in [0.15, 0.2) is 0 Å². The highest BCUT2D eigenvalue weighted by Crippen LogP contribution is 2.19. The minimum absolute atomic E-state index is 0.102. The molecule has 10 heteroatoms. The standard InChI is InChI=1S/C18H20ClFN4O4/c1-27-11-13-9-17(26)24(18(22-13)23-4-6-28-7-5-23)10-16(25)21-12-2-3-15(20)14(19)8-12/h2-3,8-9H,4-7,10-11H2,1H3,(H,21,25). The Morgan fingerprint density at radius 1 is 1.36 bits per heavy atom. The average molecular weight is 411 g/mol. The van der Waals surface area contributed by atoms with E-state index in [1.165, 1.54) is 29.9 Å². The van der Waals surface area contributed by atoms with Crippen LogP contribution in [0.2, 0.25) is 5.02 Å². The molecule has 0 radical (unpaired) electrons. The topological polar surface area (TPSA) is 85.7 Å². The predicted molar refractivity (Wildman–Crippen MR) is 102 cm³/mol. The number of rotatable bonds is 6. The Bertz CT molecular complexity index is 915. The summed E-state index contributed by atoms with van der Waals surface area (Å²) >= 11 is 5.73. The van der Waals surface area contributed by atoms with Gasteiger partial charge in [0.25, 0.3) is 5.56 Å². The number of ether oxygens (including phenoxy) is 2. The third kappa shape index (κ3) is 4.86. The summed E-state index contributed by atoms with van der Waals surface area (Å²) in [5.74, 6) is -0.654. The number of carbonyl (C=O) groups excluding carboxylic acids is 1. The molecule has 8 nitrogen and oxygen atoms in total. The van der Waals surface area contributed by atoms with E-state index in [9.17, 15) is 14.0 Å². The molecular weight excluding hydrogens is 391 g/mol. The second-order valence-electron chi connectivity index (χ2n) is 6.18. The van der Waals surface area contributed by atoms with Gasteiger partial charge in [0.1, 0.15) is 12.4 Å². The zero-order valence-corrected chi connectivity index (χ0v) is 16.0. The first-order valence-corrected chi connectivity index (χ1v) is 9.03. The number of aromatic nitrogens is 2. The highest BCUT2D eigenvalue weighted by molar-refractivity contribution is 6.31. The molecule has 1 fully saturated rings. The molecule has 0 spiro atoms. The van der Waals surface area contributed by atoms with E-state index < -0.39 is 11.7 Å². The number of nitrogens with one attached hydrogen (secondary N) is 1. The number of morpholine rings is 1. The van der Waals surface area contributed by atoms with E-state index in [2.05, 4.69) is 10.3 Å². The number of hydrogen-bond acceptors (Lipinski definition) is 6. The molecule has 2 heterocycles. The fourth-order valence-electron chi connectivity index (χ4n) is 2.83.